The zero-order chi connectivity index (χ0) is 12.5. The number of aromatic carboxylic acids is 3. The van der Waals surface area contributed by atoms with Gasteiger partial charge in [-0.15, -0.1) is 0 Å². The molecule has 88 valence electrons. The third kappa shape index (κ3) is 2.86. The first-order valence-corrected chi connectivity index (χ1v) is 3.92. The molecule has 1 aromatic carbocycles. The van der Waals surface area contributed by atoms with Crippen LogP contribution < -0.4 is 0 Å². The number of hydrogen-bond donors (Lipinski definition) is 4. The van der Waals surface area contributed by atoms with Gasteiger partial charge in [0.15, 0.2) is 0 Å². The van der Waals surface area contributed by atoms with Crippen LogP contribution in [0.2, 0.25) is 0 Å². The van der Waals surface area contributed by atoms with E-state index in [1.54, 1.807) is 0 Å². The van der Waals surface area contributed by atoms with Gasteiger partial charge >= 0.3 is 41.0 Å². The first-order valence-electron chi connectivity index (χ1n) is 3.92. The van der Waals surface area contributed by atoms with Gasteiger partial charge in [0.2, 0.25) is 0 Å². The van der Waals surface area contributed by atoms with Gasteiger partial charge in [0, 0.05) is 0 Å². The smallest absolute Gasteiger partial charge is 0.340 e. The van der Waals surface area contributed by atoms with Gasteiger partial charge in [-0.1, -0.05) is 0 Å². The molecule has 0 radical (unpaired) electrons. The monoisotopic (exact) mass is 252 g/mol. The van der Waals surface area contributed by atoms with Crippen LogP contribution in [0.5, 0.6) is 5.75 Å². The molecule has 0 saturated heterocycles. The molecule has 0 bridgehead atoms. The van der Waals surface area contributed by atoms with Crippen molar-refractivity contribution in [1.82, 2.24) is 0 Å². The fourth-order valence-electron chi connectivity index (χ4n) is 1.21. The van der Waals surface area contributed by atoms with Gasteiger partial charge < -0.3 is 20.4 Å². The van der Waals surface area contributed by atoms with Crippen molar-refractivity contribution in [3.05, 3.63) is 28.8 Å². The van der Waals surface area contributed by atoms with Gasteiger partial charge in [-0.25, -0.2) is 14.4 Å². The molecular formula is C9H8MgO7. The lowest BCUT2D eigenvalue weighted by Gasteiger charge is -2.07. The summed E-state index contributed by atoms with van der Waals surface area (Å²) in [6.07, 6.45) is 0. The number of phenols is 1. The van der Waals surface area contributed by atoms with E-state index in [1.165, 1.54) is 0 Å². The van der Waals surface area contributed by atoms with Crippen LogP contribution in [0.1, 0.15) is 31.1 Å². The van der Waals surface area contributed by atoms with Gasteiger partial charge in [-0.3, -0.25) is 0 Å². The Kier molecular flexibility index (Phi) is 4.92. The van der Waals surface area contributed by atoms with E-state index in [0.29, 0.717) is 0 Å². The average Bonchev–Trinajstić information content (AvgIpc) is 2.15. The molecule has 0 aliphatic rings. The van der Waals surface area contributed by atoms with E-state index >= 15 is 0 Å². The van der Waals surface area contributed by atoms with E-state index in [1.807, 2.05) is 0 Å². The third-order valence-electron chi connectivity index (χ3n) is 1.84. The lowest BCUT2D eigenvalue weighted by atomic mass is 10.00. The minimum atomic E-state index is -1.73. The molecule has 7 nitrogen and oxygen atoms in total. The summed E-state index contributed by atoms with van der Waals surface area (Å²) in [6, 6.07) is 1.65. The second-order valence-corrected chi connectivity index (χ2v) is 2.80. The van der Waals surface area contributed by atoms with Crippen LogP contribution in [0.3, 0.4) is 0 Å². The average molecular weight is 252 g/mol. The van der Waals surface area contributed by atoms with Gasteiger partial charge in [-0.2, -0.15) is 0 Å². The lowest BCUT2D eigenvalue weighted by Crippen LogP contribution is -2.14. The Morgan fingerprint density at radius 1 is 0.824 bits per heavy atom. The predicted molar refractivity (Wildman–Crippen MR) is 57.5 cm³/mol. The number of carbonyl (C=O) groups is 3. The molecule has 0 atom stereocenters. The number of rotatable bonds is 3. The molecule has 1 aromatic rings. The normalized spacial score (nSPS) is 9.18. The topological polar surface area (TPSA) is 132 Å². The van der Waals surface area contributed by atoms with Gasteiger partial charge in [0.1, 0.15) is 11.3 Å². The molecule has 0 heterocycles. The molecule has 8 heteroatoms. The van der Waals surface area contributed by atoms with E-state index in [2.05, 4.69) is 0 Å². The quantitative estimate of drug-likeness (QED) is 0.537. The van der Waals surface area contributed by atoms with Crippen LogP contribution >= 0.6 is 0 Å². The van der Waals surface area contributed by atoms with E-state index in [-0.39, 0.29) is 23.1 Å². The Morgan fingerprint density at radius 3 is 1.65 bits per heavy atom. The zero-order valence-electron chi connectivity index (χ0n) is 7.67. The van der Waals surface area contributed by atoms with Crippen molar-refractivity contribution in [1.29, 1.82) is 0 Å². The zero-order valence-corrected chi connectivity index (χ0v) is 7.67. The minimum absolute atomic E-state index is 0. The highest BCUT2D eigenvalue weighted by Crippen LogP contribution is 2.24. The summed E-state index contributed by atoms with van der Waals surface area (Å²) in [5, 5.41) is 35.3. The summed E-state index contributed by atoms with van der Waals surface area (Å²) in [4.78, 5) is 32.1. The third-order valence-corrected chi connectivity index (χ3v) is 1.84. The summed E-state index contributed by atoms with van der Waals surface area (Å²) >= 11 is 0. The molecule has 0 aliphatic heterocycles. The van der Waals surface area contributed by atoms with Crippen LogP contribution in [-0.2, 0) is 0 Å². The van der Waals surface area contributed by atoms with Crippen molar-refractivity contribution in [3.63, 3.8) is 0 Å². The number of benzene rings is 1. The Morgan fingerprint density at radius 2 is 1.29 bits per heavy atom. The fourth-order valence-corrected chi connectivity index (χ4v) is 1.21. The molecular weight excluding hydrogens is 244 g/mol. The van der Waals surface area contributed by atoms with E-state index in [9.17, 15) is 19.5 Å². The molecule has 17 heavy (non-hydrogen) atoms. The molecule has 0 aromatic heterocycles. The Hall–Kier alpha value is -1.80. The van der Waals surface area contributed by atoms with E-state index in [4.69, 9.17) is 15.3 Å². The van der Waals surface area contributed by atoms with Crippen LogP contribution in [-0.4, -0.2) is 61.4 Å². The molecule has 1 rings (SSSR count). The molecule has 0 saturated carbocycles. The number of carboxylic acid groups (broad SMARTS) is 3. The molecule has 0 amide bonds. The van der Waals surface area contributed by atoms with E-state index < -0.39 is 40.3 Å². The van der Waals surface area contributed by atoms with Crippen molar-refractivity contribution in [2.75, 3.05) is 0 Å². The Bertz CT molecular complexity index is 494. The van der Waals surface area contributed by atoms with Crippen molar-refractivity contribution in [2.24, 2.45) is 0 Å². The van der Waals surface area contributed by atoms with Crippen LogP contribution in [0, 0.1) is 0 Å². The largest absolute Gasteiger partial charge is 0.507 e. The number of aromatic hydroxyl groups is 1. The summed E-state index contributed by atoms with van der Waals surface area (Å²) in [5.74, 6) is -5.82. The number of hydrogen-bond acceptors (Lipinski definition) is 4. The summed E-state index contributed by atoms with van der Waals surface area (Å²) in [7, 11) is 0. The predicted octanol–water partition coefficient (Wildman–Crippen LogP) is -0.429. The van der Waals surface area contributed by atoms with Gasteiger partial charge in [0.05, 0.1) is 11.1 Å². The van der Waals surface area contributed by atoms with E-state index in [0.717, 1.165) is 12.1 Å². The highest BCUT2D eigenvalue weighted by molar-refractivity contribution is 6.10. The highest BCUT2D eigenvalue weighted by Gasteiger charge is 2.26. The molecule has 0 spiro atoms. The Labute approximate surface area is 110 Å². The van der Waals surface area contributed by atoms with Gasteiger partial charge in [0.25, 0.3) is 0 Å². The highest BCUT2D eigenvalue weighted by atomic mass is 24.3. The maximum atomic E-state index is 10.8. The standard InChI is InChI=1S/C9H6O7.Mg.2H/c10-4-2-1-3(7(11)12)5(8(13)14)6(4)9(15)16;;;/h1-2,10H,(H,11,12)(H,13,14)(H,15,16);;;. The first-order chi connectivity index (χ1) is 7.36. The summed E-state index contributed by atoms with van der Waals surface area (Å²) < 4.78 is 0. The lowest BCUT2D eigenvalue weighted by molar-refractivity contribution is 0.0631. The molecule has 0 fully saturated rings. The van der Waals surface area contributed by atoms with Crippen LogP contribution in [0.4, 0.5) is 0 Å². The molecule has 0 aliphatic carbocycles. The summed E-state index contributed by atoms with van der Waals surface area (Å²) in [5.41, 5.74) is -2.57. The van der Waals surface area contributed by atoms with Crippen molar-refractivity contribution < 1.29 is 34.8 Å². The van der Waals surface area contributed by atoms with Crippen molar-refractivity contribution in [2.45, 2.75) is 0 Å². The van der Waals surface area contributed by atoms with Gasteiger partial charge in [-0.05, 0) is 12.1 Å². The Balaban J connectivity index is 0.00000256. The van der Waals surface area contributed by atoms with Crippen LogP contribution in [0.15, 0.2) is 12.1 Å². The fraction of sp³-hybridized carbons (Fsp3) is 0. The second kappa shape index (κ2) is 5.50. The summed E-state index contributed by atoms with van der Waals surface area (Å²) in [6.45, 7) is 0. The molecule has 4 N–H and O–H groups in total. The second-order valence-electron chi connectivity index (χ2n) is 2.80. The number of carboxylic acids is 3. The SMILES string of the molecule is O=C(O)c1ccc(O)c(C(=O)O)c1C(=O)O.[MgH2]. The maximum Gasteiger partial charge on any atom is 0.340 e. The minimum Gasteiger partial charge on any atom is -0.507 e. The molecule has 0 unspecified atom stereocenters. The van der Waals surface area contributed by atoms with Crippen molar-refractivity contribution in [3.8, 4) is 5.75 Å². The first kappa shape index (κ1) is 15.2. The van der Waals surface area contributed by atoms with Crippen molar-refractivity contribution >= 4 is 41.0 Å². The maximum absolute atomic E-state index is 10.8. The van der Waals surface area contributed by atoms with Crippen LogP contribution in [0.25, 0.3) is 0 Å².